The first kappa shape index (κ1) is 34.7. The summed E-state index contributed by atoms with van der Waals surface area (Å²) >= 11 is 0. The summed E-state index contributed by atoms with van der Waals surface area (Å²) in [7, 11) is 0. The van der Waals surface area contributed by atoms with E-state index in [2.05, 4.69) is 19.9 Å². The molecule has 6 unspecified atom stereocenters. The summed E-state index contributed by atoms with van der Waals surface area (Å²) in [5, 5.41) is 9.59. The van der Waals surface area contributed by atoms with Crippen molar-refractivity contribution >= 4 is 17.9 Å². The van der Waals surface area contributed by atoms with Crippen LogP contribution >= 0.6 is 0 Å². The molecular formula is C35H55NO8. The van der Waals surface area contributed by atoms with Crippen LogP contribution < -0.4 is 0 Å². The number of fused-ring (bicyclic) bond motifs is 1. The van der Waals surface area contributed by atoms with Gasteiger partial charge in [-0.3, -0.25) is 14.4 Å². The highest BCUT2D eigenvalue weighted by Crippen LogP contribution is 2.62. The van der Waals surface area contributed by atoms with Crippen LogP contribution in [0.15, 0.2) is 0 Å². The van der Waals surface area contributed by atoms with Gasteiger partial charge in [0.05, 0.1) is 41.8 Å². The second kappa shape index (κ2) is 12.5. The van der Waals surface area contributed by atoms with Gasteiger partial charge in [-0.05, 0) is 118 Å². The third kappa shape index (κ3) is 6.40. The van der Waals surface area contributed by atoms with Crippen molar-refractivity contribution in [1.82, 2.24) is 0 Å². The molecule has 248 valence electrons. The number of nitrogens with zero attached hydrogens (tertiary/aromatic N) is 1. The number of esters is 3. The Hall–Kier alpha value is -2.18. The zero-order valence-corrected chi connectivity index (χ0v) is 28.5. The standard InChI is InChI=1S/C35H55NO8/c1-10-31(3,4)28(37)44-33(7,8)24-14-12-23(13-15-24)32(5,6)42-21-34(9,11-2)29(38)41-17-16-40-26-22-18-25-27(26)43-30(39)35(25,19-22)20-36/h22-27H,10-19,21H2,1-9H3. The van der Waals surface area contributed by atoms with Crippen LogP contribution in [-0.2, 0) is 38.1 Å². The highest BCUT2D eigenvalue weighted by atomic mass is 16.6. The van der Waals surface area contributed by atoms with Crippen molar-refractivity contribution in [3.8, 4) is 6.07 Å². The maximum atomic E-state index is 13.2. The smallest absolute Gasteiger partial charge is 0.327 e. The van der Waals surface area contributed by atoms with E-state index < -0.39 is 33.4 Å². The average molecular weight is 618 g/mol. The Morgan fingerprint density at radius 2 is 1.55 bits per heavy atom. The van der Waals surface area contributed by atoms with Gasteiger partial charge in [0.25, 0.3) is 0 Å². The van der Waals surface area contributed by atoms with E-state index in [1.54, 1.807) is 0 Å². The van der Waals surface area contributed by atoms with Crippen molar-refractivity contribution in [3.63, 3.8) is 0 Å². The van der Waals surface area contributed by atoms with Crippen molar-refractivity contribution in [3.05, 3.63) is 0 Å². The lowest BCUT2D eigenvalue weighted by Crippen LogP contribution is -2.46. The van der Waals surface area contributed by atoms with E-state index in [0.29, 0.717) is 24.7 Å². The zero-order chi connectivity index (χ0) is 32.7. The quantitative estimate of drug-likeness (QED) is 0.128. The Bertz CT molecular complexity index is 1130. The van der Waals surface area contributed by atoms with Crippen LogP contribution in [0, 0.1) is 51.2 Å². The van der Waals surface area contributed by atoms with Crippen LogP contribution in [0.4, 0.5) is 0 Å². The Morgan fingerprint density at radius 1 is 0.932 bits per heavy atom. The molecule has 0 radical (unpaired) electrons. The summed E-state index contributed by atoms with van der Waals surface area (Å²) in [6.45, 7) is 18.6. The summed E-state index contributed by atoms with van der Waals surface area (Å²) in [6, 6.07) is 2.21. The SMILES string of the molecule is CCC(C)(C)C(=O)OC(C)(C)C1CCC(C(C)(C)OCC(C)(CC)C(=O)OCCOC2C3CC4C2OC(=O)C4(C#N)C3)CC1. The second-order valence-electron chi connectivity index (χ2n) is 15.8. The maximum Gasteiger partial charge on any atom is 0.327 e. The van der Waals surface area contributed by atoms with Gasteiger partial charge in [-0.2, -0.15) is 5.26 Å². The lowest BCUT2D eigenvalue weighted by Gasteiger charge is -2.44. The molecule has 9 heteroatoms. The Kier molecular flexibility index (Phi) is 9.89. The normalized spacial score (nSPS) is 33.0. The molecule has 2 bridgehead atoms. The van der Waals surface area contributed by atoms with E-state index in [-0.39, 0.29) is 55.8 Å². The molecule has 0 aromatic rings. The number of rotatable bonds is 14. The molecule has 0 N–H and O–H groups in total. The molecule has 3 saturated carbocycles. The topological polar surface area (TPSA) is 121 Å². The molecule has 0 aromatic carbocycles. The predicted octanol–water partition coefficient (Wildman–Crippen LogP) is 6.17. The van der Waals surface area contributed by atoms with Crippen molar-refractivity contribution in [2.75, 3.05) is 19.8 Å². The van der Waals surface area contributed by atoms with E-state index in [1.807, 2.05) is 48.5 Å². The van der Waals surface area contributed by atoms with Crippen molar-refractivity contribution in [2.45, 2.75) is 137 Å². The predicted molar refractivity (Wildman–Crippen MR) is 163 cm³/mol. The zero-order valence-electron chi connectivity index (χ0n) is 28.5. The fourth-order valence-electron chi connectivity index (χ4n) is 7.71. The van der Waals surface area contributed by atoms with Gasteiger partial charge in [0.1, 0.15) is 18.3 Å². The van der Waals surface area contributed by atoms with Crippen LogP contribution in [0.3, 0.4) is 0 Å². The first-order valence-corrected chi connectivity index (χ1v) is 16.7. The number of nitriles is 1. The summed E-state index contributed by atoms with van der Waals surface area (Å²) < 4.78 is 29.8. The Balaban J connectivity index is 1.21. The van der Waals surface area contributed by atoms with E-state index in [0.717, 1.165) is 38.5 Å². The van der Waals surface area contributed by atoms with Gasteiger partial charge < -0.3 is 23.7 Å². The third-order valence-electron chi connectivity index (χ3n) is 11.9. The Morgan fingerprint density at radius 3 is 2.11 bits per heavy atom. The van der Waals surface area contributed by atoms with Gasteiger partial charge in [0.15, 0.2) is 5.41 Å². The van der Waals surface area contributed by atoms with Crippen LogP contribution in [0.1, 0.15) is 114 Å². The minimum Gasteiger partial charge on any atom is -0.463 e. The maximum absolute atomic E-state index is 13.2. The fraction of sp³-hybridized carbons (Fsp3) is 0.886. The fourth-order valence-corrected chi connectivity index (χ4v) is 7.71. The lowest BCUT2D eigenvalue weighted by atomic mass is 9.70. The van der Waals surface area contributed by atoms with Gasteiger partial charge in [0.2, 0.25) is 0 Å². The third-order valence-corrected chi connectivity index (χ3v) is 11.9. The van der Waals surface area contributed by atoms with Crippen LogP contribution in [0.2, 0.25) is 0 Å². The molecule has 6 atom stereocenters. The van der Waals surface area contributed by atoms with Crippen LogP contribution in [0.25, 0.3) is 0 Å². The lowest BCUT2D eigenvalue weighted by molar-refractivity contribution is -0.178. The number of hydrogen-bond donors (Lipinski definition) is 0. The largest absolute Gasteiger partial charge is 0.463 e. The van der Waals surface area contributed by atoms with Crippen LogP contribution in [-0.4, -0.2) is 61.1 Å². The molecule has 3 aliphatic carbocycles. The van der Waals surface area contributed by atoms with Gasteiger partial charge in [-0.1, -0.05) is 13.8 Å². The second-order valence-corrected chi connectivity index (χ2v) is 15.8. The first-order chi connectivity index (χ1) is 20.5. The highest BCUT2D eigenvalue weighted by Gasteiger charge is 2.71. The van der Waals surface area contributed by atoms with Gasteiger partial charge in [-0.15, -0.1) is 0 Å². The highest BCUT2D eigenvalue weighted by molar-refractivity contribution is 5.84. The molecule has 0 spiro atoms. The number of carbonyl (C=O) groups excluding carboxylic acids is 3. The number of carbonyl (C=O) groups is 3. The molecule has 9 nitrogen and oxygen atoms in total. The molecule has 4 fully saturated rings. The van der Waals surface area contributed by atoms with Crippen molar-refractivity contribution < 1.29 is 38.1 Å². The van der Waals surface area contributed by atoms with Gasteiger partial charge in [0, 0.05) is 5.92 Å². The van der Waals surface area contributed by atoms with E-state index in [9.17, 15) is 19.6 Å². The monoisotopic (exact) mass is 617 g/mol. The number of ether oxygens (including phenoxy) is 5. The van der Waals surface area contributed by atoms with Crippen LogP contribution in [0.5, 0.6) is 0 Å². The first-order valence-electron chi connectivity index (χ1n) is 16.7. The van der Waals surface area contributed by atoms with E-state index >= 15 is 0 Å². The number of hydrogen-bond acceptors (Lipinski definition) is 9. The molecule has 0 amide bonds. The summed E-state index contributed by atoms with van der Waals surface area (Å²) in [5.41, 5.74) is -3.22. The van der Waals surface area contributed by atoms with Crippen molar-refractivity contribution in [2.24, 2.45) is 39.9 Å². The average Bonchev–Trinajstić information content (AvgIpc) is 3.59. The summed E-state index contributed by atoms with van der Waals surface area (Å²) in [4.78, 5) is 38.3. The molecule has 1 aliphatic heterocycles. The molecule has 4 rings (SSSR count). The van der Waals surface area contributed by atoms with E-state index in [1.165, 1.54) is 0 Å². The minimum atomic E-state index is -0.991. The molecule has 44 heavy (non-hydrogen) atoms. The molecule has 4 aliphatic rings. The summed E-state index contributed by atoms with van der Waals surface area (Å²) in [5.74, 6) is -0.223. The van der Waals surface area contributed by atoms with Crippen molar-refractivity contribution in [1.29, 1.82) is 5.26 Å². The Labute approximate surface area is 264 Å². The molecule has 1 heterocycles. The molecule has 0 aromatic heterocycles. The molecule has 1 saturated heterocycles. The van der Waals surface area contributed by atoms with Gasteiger partial charge >= 0.3 is 17.9 Å². The van der Waals surface area contributed by atoms with Gasteiger partial charge in [-0.25, -0.2) is 0 Å². The minimum absolute atomic E-state index is 0.0984. The molecular weight excluding hydrogens is 562 g/mol. The summed E-state index contributed by atoms with van der Waals surface area (Å²) in [6.07, 6.45) is 5.78. The van der Waals surface area contributed by atoms with E-state index in [4.69, 9.17) is 23.7 Å².